The molecule has 0 radical (unpaired) electrons. The Morgan fingerprint density at radius 3 is 2.59 bits per heavy atom. The molecule has 1 aromatic heterocycles. The van der Waals surface area contributed by atoms with Crippen molar-refractivity contribution in [3.63, 3.8) is 0 Å². The lowest BCUT2D eigenvalue weighted by Gasteiger charge is -2.01. The lowest BCUT2D eigenvalue weighted by atomic mass is 10.1. The Morgan fingerprint density at radius 2 is 2.00 bits per heavy atom. The van der Waals surface area contributed by atoms with Gasteiger partial charge in [0, 0.05) is 21.3 Å². The van der Waals surface area contributed by atoms with E-state index in [0.717, 1.165) is 21.5 Å². The van der Waals surface area contributed by atoms with Gasteiger partial charge in [0.2, 0.25) is 0 Å². The van der Waals surface area contributed by atoms with Gasteiger partial charge < -0.3 is 0 Å². The van der Waals surface area contributed by atoms with Crippen molar-refractivity contribution in [1.29, 1.82) is 0 Å². The maximum absolute atomic E-state index is 13.0. The summed E-state index contributed by atoms with van der Waals surface area (Å²) in [5.41, 5.74) is 0.184. The molecule has 5 heteroatoms. The van der Waals surface area contributed by atoms with Gasteiger partial charge in [-0.3, -0.25) is 4.79 Å². The first-order valence-corrected chi connectivity index (χ1v) is 6.45. The largest absolute Gasteiger partial charge is 0.294 e. The molecule has 0 saturated carbocycles. The number of Topliss-reactive ketones (excluding diaryl/α,β-unsaturated/α-hetero) is 1. The Balaban J connectivity index is 2.20. The molecule has 0 atom stereocenters. The zero-order chi connectivity index (χ0) is 12.4. The van der Waals surface area contributed by atoms with E-state index in [0.29, 0.717) is 0 Å². The van der Waals surface area contributed by atoms with E-state index in [-0.39, 0.29) is 17.8 Å². The standard InChI is InChI=1S/C12H7BrF2OS/c13-8-3-4-17-12(8)6-11(16)7-1-2-9(14)10(15)5-7/h1-5H,6H2. The quantitative estimate of drug-likeness (QED) is 0.775. The Hall–Kier alpha value is -1.07. The van der Waals surface area contributed by atoms with Gasteiger partial charge in [-0.1, -0.05) is 0 Å². The molecule has 0 spiro atoms. The minimum absolute atomic E-state index is 0.184. The summed E-state index contributed by atoms with van der Waals surface area (Å²) in [6.07, 6.45) is 0.184. The summed E-state index contributed by atoms with van der Waals surface area (Å²) < 4.78 is 26.5. The van der Waals surface area contributed by atoms with Crippen LogP contribution in [0.5, 0.6) is 0 Å². The Morgan fingerprint density at radius 1 is 1.24 bits per heavy atom. The van der Waals surface area contributed by atoms with E-state index in [2.05, 4.69) is 15.9 Å². The van der Waals surface area contributed by atoms with Crippen molar-refractivity contribution in [2.24, 2.45) is 0 Å². The molecule has 0 saturated heterocycles. The lowest BCUT2D eigenvalue weighted by molar-refractivity contribution is 0.0993. The molecule has 2 aromatic rings. The van der Waals surface area contributed by atoms with E-state index < -0.39 is 11.6 Å². The maximum atomic E-state index is 13.0. The number of halogens is 3. The van der Waals surface area contributed by atoms with Crippen LogP contribution in [-0.2, 0) is 6.42 Å². The van der Waals surface area contributed by atoms with E-state index in [1.807, 2.05) is 11.4 Å². The van der Waals surface area contributed by atoms with E-state index in [1.165, 1.54) is 17.4 Å². The molecule has 1 heterocycles. The second-order valence-electron chi connectivity index (χ2n) is 3.42. The van der Waals surface area contributed by atoms with Crippen LogP contribution >= 0.6 is 27.3 Å². The first-order chi connectivity index (χ1) is 8.08. The molecule has 2 rings (SSSR count). The van der Waals surface area contributed by atoms with Crippen LogP contribution in [0.15, 0.2) is 34.1 Å². The topological polar surface area (TPSA) is 17.1 Å². The Kier molecular flexibility index (Phi) is 3.69. The van der Waals surface area contributed by atoms with Gasteiger partial charge in [-0.25, -0.2) is 8.78 Å². The van der Waals surface area contributed by atoms with E-state index in [9.17, 15) is 13.6 Å². The molecule has 0 unspecified atom stereocenters. The minimum atomic E-state index is -0.999. The van der Waals surface area contributed by atoms with Gasteiger partial charge in [-0.05, 0) is 45.6 Å². The summed E-state index contributed by atoms with van der Waals surface area (Å²) in [5.74, 6) is -2.17. The van der Waals surface area contributed by atoms with Crippen LogP contribution in [0.25, 0.3) is 0 Å². The molecule has 88 valence electrons. The van der Waals surface area contributed by atoms with E-state index in [1.54, 1.807) is 0 Å². The molecule has 1 aromatic carbocycles. The molecule has 0 aliphatic heterocycles. The fraction of sp³-hybridized carbons (Fsp3) is 0.0833. The normalized spacial score (nSPS) is 10.5. The highest BCUT2D eigenvalue weighted by molar-refractivity contribution is 9.10. The number of carbonyl (C=O) groups excluding carboxylic acids is 1. The summed E-state index contributed by atoms with van der Waals surface area (Å²) in [7, 11) is 0. The van der Waals surface area contributed by atoms with Gasteiger partial charge in [-0.2, -0.15) is 0 Å². The molecule has 0 N–H and O–H groups in total. The van der Waals surface area contributed by atoms with Crippen LogP contribution in [0.4, 0.5) is 8.78 Å². The number of thiophene rings is 1. The molecule has 0 bridgehead atoms. The molecule has 0 fully saturated rings. The second kappa shape index (κ2) is 5.06. The number of hydrogen-bond donors (Lipinski definition) is 0. The predicted octanol–water partition coefficient (Wildman–Crippen LogP) is 4.21. The average molecular weight is 317 g/mol. The molecule has 0 amide bonds. The number of hydrogen-bond acceptors (Lipinski definition) is 2. The third-order valence-corrected chi connectivity index (χ3v) is 4.18. The smallest absolute Gasteiger partial charge is 0.168 e. The third kappa shape index (κ3) is 2.79. The summed E-state index contributed by atoms with van der Waals surface area (Å²) in [6, 6.07) is 5.03. The second-order valence-corrected chi connectivity index (χ2v) is 5.28. The van der Waals surface area contributed by atoms with Crippen LogP contribution < -0.4 is 0 Å². The van der Waals surface area contributed by atoms with E-state index in [4.69, 9.17) is 0 Å². The Bertz CT molecular complexity index is 565. The van der Waals surface area contributed by atoms with Crippen LogP contribution in [0.3, 0.4) is 0 Å². The van der Waals surface area contributed by atoms with Gasteiger partial charge in [0.15, 0.2) is 17.4 Å². The van der Waals surface area contributed by atoms with Crippen molar-refractivity contribution in [2.45, 2.75) is 6.42 Å². The highest BCUT2D eigenvalue weighted by Crippen LogP contribution is 2.24. The van der Waals surface area contributed by atoms with Crippen molar-refractivity contribution >= 4 is 33.0 Å². The first kappa shape index (κ1) is 12.4. The number of rotatable bonds is 3. The summed E-state index contributed by atoms with van der Waals surface area (Å²) in [6.45, 7) is 0. The van der Waals surface area contributed by atoms with Crippen LogP contribution in [-0.4, -0.2) is 5.78 Å². The number of ketones is 1. The first-order valence-electron chi connectivity index (χ1n) is 4.78. The average Bonchev–Trinajstić information content (AvgIpc) is 2.68. The molecular formula is C12H7BrF2OS. The van der Waals surface area contributed by atoms with Gasteiger partial charge >= 0.3 is 0 Å². The van der Waals surface area contributed by atoms with Crippen molar-refractivity contribution in [3.05, 3.63) is 56.2 Å². The summed E-state index contributed by atoms with van der Waals surface area (Å²) >= 11 is 4.76. The fourth-order valence-corrected chi connectivity index (χ4v) is 2.86. The maximum Gasteiger partial charge on any atom is 0.168 e. The highest BCUT2D eigenvalue weighted by atomic mass is 79.9. The molecular weight excluding hydrogens is 310 g/mol. The SMILES string of the molecule is O=C(Cc1sccc1Br)c1ccc(F)c(F)c1. The van der Waals surface area contributed by atoms with Crippen molar-refractivity contribution in [2.75, 3.05) is 0 Å². The van der Waals surface area contributed by atoms with Crippen molar-refractivity contribution in [3.8, 4) is 0 Å². The number of carbonyl (C=O) groups is 1. The summed E-state index contributed by atoms with van der Waals surface area (Å²) in [4.78, 5) is 12.7. The zero-order valence-corrected chi connectivity index (χ0v) is 10.9. The van der Waals surface area contributed by atoms with E-state index >= 15 is 0 Å². The monoisotopic (exact) mass is 316 g/mol. The van der Waals surface area contributed by atoms with Crippen LogP contribution in [0, 0.1) is 11.6 Å². The van der Waals surface area contributed by atoms with Crippen molar-refractivity contribution in [1.82, 2.24) is 0 Å². The minimum Gasteiger partial charge on any atom is -0.294 e. The predicted molar refractivity (Wildman–Crippen MR) is 66.4 cm³/mol. The molecule has 0 aliphatic rings. The van der Waals surface area contributed by atoms with Crippen LogP contribution in [0.2, 0.25) is 0 Å². The molecule has 0 aliphatic carbocycles. The zero-order valence-electron chi connectivity index (χ0n) is 8.54. The third-order valence-electron chi connectivity index (χ3n) is 2.25. The summed E-state index contributed by atoms with van der Waals surface area (Å²) in [5, 5.41) is 1.86. The number of benzene rings is 1. The van der Waals surface area contributed by atoms with Gasteiger partial charge in [-0.15, -0.1) is 11.3 Å². The molecule has 17 heavy (non-hydrogen) atoms. The van der Waals surface area contributed by atoms with Gasteiger partial charge in [0.05, 0.1) is 0 Å². The lowest BCUT2D eigenvalue weighted by Crippen LogP contribution is -2.03. The van der Waals surface area contributed by atoms with Crippen molar-refractivity contribution < 1.29 is 13.6 Å². The highest BCUT2D eigenvalue weighted by Gasteiger charge is 2.12. The fourth-order valence-electron chi connectivity index (χ4n) is 1.37. The Labute approximate surface area is 109 Å². The molecule has 1 nitrogen and oxygen atoms in total. The van der Waals surface area contributed by atoms with Crippen LogP contribution in [0.1, 0.15) is 15.2 Å². The van der Waals surface area contributed by atoms with Gasteiger partial charge in [0.1, 0.15) is 0 Å². The van der Waals surface area contributed by atoms with Gasteiger partial charge in [0.25, 0.3) is 0 Å².